The van der Waals surface area contributed by atoms with Crippen molar-refractivity contribution in [2.45, 2.75) is 32.0 Å². The highest BCUT2D eigenvalue weighted by Gasteiger charge is 2.27. The number of hydrogen-bond donors (Lipinski definition) is 2. The van der Waals surface area contributed by atoms with E-state index in [1.165, 1.54) is 0 Å². The Morgan fingerprint density at radius 3 is 2.86 bits per heavy atom. The Labute approximate surface area is 164 Å². The lowest BCUT2D eigenvalue weighted by Crippen LogP contribution is -2.43. The fourth-order valence-electron chi connectivity index (χ4n) is 3.90. The number of benzene rings is 1. The number of aromatic nitrogens is 3. The summed E-state index contributed by atoms with van der Waals surface area (Å²) < 4.78 is 1.66. The molecule has 1 aliphatic rings. The smallest absolute Gasteiger partial charge is 0.376 e. The first-order valence-electron chi connectivity index (χ1n) is 9.59. The number of fused-ring (bicyclic) bond motifs is 1. The molecule has 0 radical (unpaired) electrons. The second-order valence-corrected chi connectivity index (χ2v) is 7.40. The first kappa shape index (κ1) is 18.5. The van der Waals surface area contributed by atoms with Gasteiger partial charge in [-0.1, -0.05) is 24.3 Å². The maximum atomic E-state index is 9.94. The van der Waals surface area contributed by atoms with Crippen molar-refractivity contribution in [1.82, 2.24) is 19.4 Å². The standard InChI is InChI=1S/C20H23BN6O/c1-21(28)26-10-2-3-16(13-26)18-11-19(23)27-20(25-18)17(12-24-27)15-6-4-14(5-7-15)8-9-22/h4-7,11-12,16,28H,2-3,8,10,13,23H2,1H3. The summed E-state index contributed by atoms with van der Waals surface area (Å²) in [6.07, 6.45) is 4.23. The van der Waals surface area contributed by atoms with Gasteiger partial charge < -0.3 is 15.6 Å². The average Bonchev–Trinajstić information content (AvgIpc) is 3.13. The van der Waals surface area contributed by atoms with Gasteiger partial charge in [0.15, 0.2) is 5.65 Å². The lowest BCUT2D eigenvalue weighted by Gasteiger charge is -2.33. The molecule has 0 bridgehead atoms. The van der Waals surface area contributed by atoms with Crippen molar-refractivity contribution in [3.8, 4) is 17.2 Å². The molecule has 3 heterocycles. The molecule has 7 nitrogen and oxygen atoms in total. The third-order valence-electron chi connectivity index (χ3n) is 5.47. The summed E-state index contributed by atoms with van der Waals surface area (Å²) in [6.45, 7) is 3.48. The summed E-state index contributed by atoms with van der Waals surface area (Å²) in [4.78, 5) is 6.98. The molecule has 0 saturated carbocycles. The normalized spacial score (nSPS) is 17.5. The highest BCUT2D eigenvalue weighted by molar-refractivity contribution is 6.45. The lowest BCUT2D eigenvalue weighted by molar-refractivity contribution is 0.283. The lowest BCUT2D eigenvalue weighted by atomic mass is 9.80. The van der Waals surface area contributed by atoms with Crippen LogP contribution in [0.1, 0.15) is 30.0 Å². The van der Waals surface area contributed by atoms with E-state index in [1.54, 1.807) is 17.5 Å². The van der Waals surface area contributed by atoms with Gasteiger partial charge >= 0.3 is 7.05 Å². The third-order valence-corrected chi connectivity index (χ3v) is 5.47. The number of nitrogens with zero attached hydrogens (tertiary/aromatic N) is 5. The first-order valence-corrected chi connectivity index (χ1v) is 9.59. The van der Waals surface area contributed by atoms with E-state index in [0.717, 1.165) is 54.0 Å². The van der Waals surface area contributed by atoms with Gasteiger partial charge in [0.05, 0.1) is 24.4 Å². The quantitative estimate of drug-likeness (QED) is 0.680. The molecule has 28 heavy (non-hydrogen) atoms. The third kappa shape index (κ3) is 3.47. The summed E-state index contributed by atoms with van der Waals surface area (Å²) in [5.74, 6) is 0.790. The van der Waals surface area contributed by atoms with Crippen molar-refractivity contribution in [2.24, 2.45) is 0 Å². The van der Waals surface area contributed by atoms with E-state index < -0.39 is 7.05 Å². The number of anilines is 1. The zero-order chi connectivity index (χ0) is 19.7. The van der Waals surface area contributed by atoms with Crippen molar-refractivity contribution in [2.75, 3.05) is 18.8 Å². The van der Waals surface area contributed by atoms with Crippen molar-refractivity contribution in [3.05, 3.63) is 47.8 Å². The van der Waals surface area contributed by atoms with E-state index in [9.17, 15) is 5.02 Å². The largest absolute Gasteiger partial charge is 0.437 e. The number of nitrogens with two attached hydrogens (primary N) is 1. The fourth-order valence-corrected chi connectivity index (χ4v) is 3.90. The molecule has 3 N–H and O–H groups in total. The van der Waals surface area contributed by atoms with E-state index >= 15 is 0 Å². The molecule has 1 atom stereocenters. The van der Waals surface area contributed by atoms with Crippen LogP contribution in [-0.4, -0.2) is 44.6 Å². The van der Waals surface area contributed by atoms with E-state index in [-0.39, 0.29) is 5.92 Å². The molecule has 4 rings (SSSR count). The maximum absolute atomic E-state index is 9.94. The Hall–Kier alpha value is -2.89. The molecule has 0 spiro atoms. The Balaban J connectivity index is 1.71. The summed E-state index contributed by atoms with van der Waals surface area (Å²) in [5, 5.41) is 23.2. The van der Waals surface area contributed by atoms with Gasteiger partial charge in [-0.25, -0.2) is 4.98 Å². The van der Waals surface area contributed by atoms with E-state index in [0.29, 0.717) is 12.2 Å². The highest BCUT2D eigenvalue weighted by Crippen LogP contribution is 2.30. The Morgan fingerprint density at radius 1 is 1.36 bits per heavy atom. The Kier molecular flexibility index (Phi) is 5.03. The minimum atomic E-state index is -0.457. The van der Waals surface area contributed by atoms with Crippen LogP contribution in [0.4, 0.5) is 5.82 Å². The van der Waals surface area contributed by atoms with Crippen LogP contribution >= 0.6 is 0 Å². The predicted octanol–water partition coefficient (Wildman–Crippen LogP) is 2.33. The predicted molar refractivity (Wildman–Crippen MR) is 110 cm³/mol. The van der Waals surface area contributed by atoms with E-state index in [1.807, 2.05) is 30.3 Å². The molecule has 0 aliphatic carbocycles. The summed E-state index contributed by atoms with van der Waals surface area (Å²) in [6, 6.07) is 12.0. The van der Waals surface area contributed by atoms with Crippen molar-refractivity contribution >= 4 is 18.5 Å². The van der Waals surface area contributed by atoms with Gasteiger partial charge in [0.2, 0.25) is 0 Å². The maximum Gasteiger partial charge on any atom is 0.376 e. The van der Waals surface area contributed by atoms with Gasteiger partial charge in [0.25, 0.3) is 0 Å². The van der Waals surface area contributed by atoms with Crippen LogP contribution in [0.3, 0.4) is 0 Å². The number of nitriles is 1. The zero-order valence-corrected chi connectivity index (χ0v) is 15.9. The molecule has 0 amide bonds. The summed E-state index contributed by atoms with van der Waals surface area (Å²) in [5.41, 5.74) is 10.8. The summed E-state index contributed by atoms with van der Waals surface area (Å²) >= 11 is 0. The average molecular weight is 374 g/mol. The molecule has 1 saturated heterocycles. The van der Waals surface area contributed by atoms with Gasteiger partial charge in [-0.05, 0) is 43.9 Å². The fraction of sp³-hybridized carbons (Fsp3) is 0.350. The molecular weight excluding hydrogens is 351 g/mol. The van der Waals surface area contributed by atoms with Crippen LogP contribution in [-0.2, 0) is 6.42 Å². The van der Waals surface area contributed by atoms with Crippen molar-refractivity contribution in [3.63, 3.8) is 0 Å². The molecule has 1 aliphatic heterocycles. The number of piperidine rings is 1. The Morgan fingerprint density at radius 2 is 2.14 bits per heavy atom. The molecule has 3 aromatic rings. The summed E-state index contributed by atoms with van der Waals surface area (Å²) in [7, 11) is -0.457. The Bertz CT molecular complexity index is 1020. The van der Waals surface area contributed by atoms with Gasteiger partial charge in [-0.3, -0.25) is 0 Å². The SMILES string of the molecule is CB(O)N1CCCC(c2cc(N)n3ncc(-c4ccc(CC#N)cc4)c3n2)C1. The second-order valence-electron chi connectivity index (χ2n) is 7.40. The molecule has 8 heteroatoms. The van der Waals surface area contributed by atoms with E-state index in [4.69, 9.17) is 16.0 Å². The number of nitrogen functional groups attached to an aromatic ring is 1. The minimum absolute atomic E-state index is 0.233. The zero-order valence-electron chi connectivity index (χ0n) is 15.9. The van der Waals surface area contributed by atoms with Gasteiger partial charge in [-0.15, -0.1) is 0 Å². The molecule has 1 aromatic carbocycles. The van der Waals surface area contributed by atoms with Crippen LogP contribution in [0, 0.1) is 11.3 Å². The van der Waals surface area contributed by atoms with Gasteiger partial charge in [-0.2, -0.15) is 14.9 Å². The first-order chi connectivity index (χ1) is 13.6. The van der Waals surface area contributed by atoms with Crippen LogP contribution < -0.4 is 5.73 Å². The van der Waals surface area contributed by atoms with E-state index in [2.05, 4.69) is 16.0 Å². The molecule has 2 aromatic heterocycles. The number of hydrogen-bond acceptors (Lipinski definition) is 6. The number of rotatable bonds is 4. The van der Waals surface area contributed by atoms with Crippen molar-refractivity contribution in [1.29, 1.82) is 5.26 Å². The van der Waals surface area contributed by atoms with Crippen LogP contribution in [0.15, 0.2) is 36.5 Å². The molecular formula is C20H23BN6O. The van der Waals surface area contributed by atoms with Crippen LogP contribution in [0.2, 0.25) is 6.82 Å². The molecule has 1 fully saturated rings. The van der Waals surface area contributed by atoms with Gasteiger partial charge in [0.1, 0.15) is 5.82 Å². The minimum Gasteiger partial charge on any atom is -0.437 e. The monoisotopic (exact) mass is 374 g/mol. The van der Waals surface area contributed by atoms with Crippen molar-refractivity contribution < 1.29 is 5.02 Å². The van der Waals surface area contributed by atoms with Gasteiger partial charge in [0, 0.05) is 17.5 Å². The van der Waals surface area contributed by atoms with Crippen LogP contribution in [0.25, 0.3) is 16.8 Å². The topological polar surface area (TPSA) is 103 Å². The second kappa shape index (κ2) is 7.62. The molecule has 142 valence electrons. The van der Waals surface area contributed by atoms with Crippen LogP contribution in [0.5, 0.6) is 0 Å². The highest BCUT2D eigenvalue weighted by atomic mass is 16.2. The molecule has 1 unspecified atom stereocenters.